The maximum atomic E-state index is 13.3. The Labute approximate surface area is 186 Å². The fourth-order valence-electron chi connectivity index (χ4n) is 5.11. The highest BCUT2D eigenvalue weighted by molar-refractivity contribution is 6.03. The maximum absolute atomic E-state index is 13.3. The Morgan fingerprint density at radius 1 is 1.16 bits per heavy atom. The summed E-state index contributed by atoms with van der Waals surface area (Å²) in [5.74, 6) is 0.102. The first kappa shape index (κ1) is 20.6. The Bertz CT molecular complexity index is 1070. The molecule has 2 aromatic rings. The molecule has 2 aromatic carbocycles. The van der Waals surface area contributed by atoms with Crippen molar-refractivity contribution in [2.45, 2.75) is 18.1 Å². The molecular weight excluding hydrogens is 408 g/mol. The fraction of sp³-hybridized carbons (Fsp3) is 0.360. The number of carbonyl (C=O) groups is 2. The number of hydrogen-bond acceptors (Lipinski definition) is 5. The largest absolute Gasteiger partial charge is 0.493 e. The molecule has 7 heteroatoms. The number of para-hydroxylation sites is 1. The molecule has 0 saturated carbocycles. The summed E-state index contributed by atoms with van der Waals surface area (Å²) < 4.78 is 16.8. The van der Waals surface area contributed by atoms with E-state index in [4.69, 9.17) is 14.2 Å². The van der Waals surface area contributed by atoms with Crippen molar-refractivity contribution in [3.63, 3.8) is 0 Å². The van der Waals surface area contributed by atoms with Crippen LogP contribution < -0.4 is 19.7 Å². The van der Waals surface area contributed by atoms with Gasteiger partial charge in [-0.2, -0.15) is 0 Å². The molecule has 3 aliphatic rings. The zero-order chi connectivity index (χ0) is 22.3. The van der Waals surface area contributed by atoms with E-state index in [-0.39, 0.29) is 17.9 Å². The molecule has 5 rings (SSSR count). The van der Waals surface area contributed by atoms with Crippen LogP contribution in [0.5, 0.6) is 11.5 Å². The summed E-state index contributed by atoms with van der Waals surface area (Å²) in [7, 11) is 3.19. The van der Waals surface area contributed by atoms with Crippen LogP contribution in [0, 0.1) is 11.8 Å². The van der Waals surface area contributed by atoms with Crippen molar-refractivity contribution in [1.29, 1.82) is 0 Å². The molecule has 7 nitrogen and oxygen atoms in total. The fourth-order valence-corrected chi connectivity index (χ4v) is 5.11. The van der Waals surface area contributed by atoms with Crippen LogP contribution in [-0.4, -0.2) is 50.8 Å². The highest BCUT2D eigenvalue weighted by Gasteiger charge is 2.66. The molecule has 3 aliphatic heterocycles. The molecule has 4 atom stereocenters. The predicted molar refractivity (Wildman–Crippen MR) is 119 cm³/mol. The lowest BCUT2D eigenvalue weighted by molar-refractivity contribution is -0.131. The Kier molecular flexibility index (Phi) is 5.13. The molecule has 3 heterocycles. The third kappa shape index (κ3) is 3.24. The number of nitrogens with one attached hydrogen (secondary N) is 1. The van der Waals surface area contributed by atoms with Gasteiger partial charge in [0.05, 0.1) is 38.7 Å². The van der Waals surface area contributed by atoms with Crippen LogP contribution in [0.15, 0.2) is 60.7 Å². The van der Waals surface area contributed by atoms with E-state index in [0.717, 1.165) is 11.3 Å². The maximum Gasteiger partial charge on any atom is 0.234 e. The van der Waals surface area contributed by atoms with Crippen LogP contribution in [-0.2, 0) is 20.7 Å². The third-order valence-electron chi connectivity index (χ3n) is 6.63. The highest BCUT2D eigenvalue weighted by Crippen LogP contribution is 2.52. The first-order valence-electron chi connectivity index (χ1n) is 10.8. The molecule has 2 amide bonds. The van der Waals surface area contributed by atoms with E-state index in [1.807, 2.05) is 60.7 Å². The summed E-state index contributed by atoms with van der Waals surface area (Å²) in [6.07, 6.45) is 4.18. The van der Waals surface area contributed by atoms with Crippen LogP contribution in [0.1, 0.15) is 5.56 Å². The Balaban J connectivity index is 1.27. The number of hydrogen-bond donors (Lipinski definition) is 1. The van der Waals surface area contributed by atoms with Crippen molar-refractivity contribution >= 4 is 17.5 Å². The van der Waals surface area contributed by atoms with Crippen LogP contribution in [0.3, 0.4) is 0 Å². The van der Waals surface area contributed by atoms with E-state index in [0.29, 0.717) is 31.0 Å². The molecule has 32 heavy (non-hydrogen) atoms. The second kappa shape index (κ2) is 7.98. The number of ether oxygens (including phenoxy) is 3. The van der Waals surface area contributed by atoms with E-state index in [1.54, 1.807) is 19.1 Å². The van der Waals surface area contributed by atoms with Crippen molar-refractivity contribution in [3.8, 4) is 11.5 Å². The minimum atomic E-state index is -0.719. The molecule has 0 aliphatic carbocycles. The SMILES string of the molecule is COc1ccc(CCNC(=O)[C@H]2[C@H]3C=C[C@]4(CN(c5ccccc5)C(=O)[C@@H]24)O3)cc1OC. The Hall–Kier alpha value is -3.32. The van der Waals surface area contributed by atoms with E-state index in [2.05, 4.69) is 5.32 Å². The number of rotatable bonds is 7. The zero-order valence-corrected chi connectivity index (χ0v) is 18.1. The molecule has 1 N–H and O–H groups in total. The number of carbonyl (C=O) groups excluding carboxylic acids is 2. The number of anilines is 1. The average molecular weight is 434 g/mol. The second-order valence-electron chi connectivity index (χ2n) is 8.39. The van der Waals surface area contributed by atoms with Gasteiger partial charge in [0.15, 0.2) is 11.5 Å². The van der Waals surface area contributed by atoms with Gasteiger partial charge in [0.2, 0.25) is 11.8 Å². The summed E-state index contributed by atoms with van der Waals surface area (Å²) in [4.78, 5) is 28.2. The summed E-state index contributed by atoms with van der Waals surface area (Å²) in [5.41, 5.74) is 1.13. The molecule has 1 spiro atoms. The van der Waals surface area contributed by atoms with Crippen molar-refractivity contribution in [1.82, 2.24) is 5.32 Å². The standard InChI is InChI=1S/C25H26N2O5/c1-30-18-9-8-16(14-20(18)31-2)11-13-26-23(28)21-19-10-12-25(32-19)15-27(24(29)22(21)25)17-6-4-3-5-7-17/h3-10,12,14,19,21-22H,11,13,15H2,1-2H3,(H,26,28)/t19-,21+,22-,25-/m1/s1. The van der Waals surface area contributed by atoms with Crippen LogP contribution in [0.25, 0.3) is 0 Å². The monoisotopic (exact) mass is 434 g/mol. The smallest absolute Gasteiger partial charge is 0.234 e. The van der Waals surface area contributed by atoms with Gasteiger partial charge in [-0.25, -0.2) is 0 Å². The zero-order valence-electron chi connectivity index (χ0n) is 18.1. The van der Waals surface area contributed by atoms with Gasteiger partial charge in [-0.1, -0.05) is 36.4 Å². The van der Waals surface area contributed by atoms with Gasteiger partial charge in [0, 0.05) is 12.2 Å². The van der Waals surface area contributed by atoms with Crippen molar-refractivity contribution in [2.75, 3.05) is 32.2 Å². The molecule has 2 bridgehead atoms. The first-order chi connectivity index (χ1) is 15.6. The number of benzene rings is 2. The summed E-state index contributed by atoms with van der Waals surface area (Å²) in [6, 6.07) is 15.2. The van der Waals surface area contributed by atoms with Gasteiger partial charge in [0.25, 0.3) is 0 Å². The second-order valence-corrected chi connectivity index (χ2v) is 8.39. The van der Waals surface area contributed by atoms with E-state index >= 15 is 0 Å². The molecule has 0 unspecified atom stereocenters. The van der Waals surface area contributed by atoms with E-state index in [1.165, 1.54) is 0 Å². The summed E-state index contributed by atoms with van der Waals surface area (Å²) in [6.45, 7) is 0.889. The highest BCUT2D eigenvalue weighted by atomic mass is 16.5. The number of amides is 2. The van der Waals surface area contributed by atoms with Crippen molar-refractivity contribution < 1.29 is 23.8 Å². The molecule has 0 radical (unpaired) electrons. The Morgan fingerprint density at radius 2 is 1.94 bits per heavy atom. The number of methoxy groups -OCH3 is 2. The number of nitrogens with zero attached hydrogens (tertiary/aromatic N) is 1. The van der Waals surface area contributed by atoms with Crippen LogP contribution >= 0.6 is 0 Å². The van der Waals surface area contributed by atoms with Crippen LogP contribution in [0.4, 0.5) is 5.69 Å². The lowest BCUT2D eigenvalue weighted by Gasteiger charge is -2.23. The lowest BCUT2D eigenvalue weighted by atomic mass is 9.77. The third-order valence-corrected chi connectivity index (χ3v) is 6.63. The normalized spacial score (nSPS) is 27.5. The van der Waals surface area contributed by atoms with Gasteiger partial charge in [-0.15, -0.1) is 0 Å². The van der Waals surface area contributed by atoms with Crippen molar-refractivity contribution in [2.24, 2.45) is 11.8 Å². The lowest BCUT2D eigenvalue weighted by Crippen LogP contribution is -2.44. The summed E-state index contributed by atoms with van der Waals surface area (Å²) in [5, 5.41) is 3.01. The quantitative estimate of drug-likeness (QED) is 0.677. The van der Waals surface area contributed by atoms with Gasteiger partial charge >= 0.3 is 0 Å². The topological polar surface area (TPSA) is 77.1 Å². The molecular formula is C25H26N2O5. The van der Waals surface area contributed by atoms with E-state index < -0.39 is 17.4 Å². The predicted octanol–water partition coefficient (Wildman–Crippen LogP) is 2.35. The average Bonchev–Trinajstić information content (AvgIpc) is 3.47. The van der Waals surface area contributed by atoms with E-state index in [9.17, 15) is 9.59 Å². The van der Waals surface area contributed by atoms with Crippen molar-refractivity contribution in [3.05, 3.63) is 66.2 Å². The molecule has 2 saturated heterocycles. The minimum absolute atomic E-state index is 0.0527. The first-order valence-corrected chi connectivity index (χ1v) is 10.8. The number of fused-ring (bicyclic) bond motifs is 1. The summed E-state index contributed by atoms with van der Waals surface area (Å²) >= 11 is 0. The Morgan fingerprint density at radius 3 is 2.69 bits per heavy atom. The van der Waals surface area contributed by atoms with Gasteiger partial charge in [0.1, 0.15) is 5.60 Å². The minimum Gasteiger partial charge on any atom is -0.493 e. The van der Waals surface area contributed by atoms with Gasteiger partial charge in [-0.05, 0) is 36.2 Å². The van der Waals surface area contributed by atoms with Gasteiger partial charge in [-0.3, -0.25) is 9.59 Å². The molecule has 0 aromatic heterocycles. The van der Waals surface area contributed by atoms with Crippen LogP contribution in [0.2, 0.25) is 0 Å². The molecule has 2 fully saturated rings. The molecule has 166 valence electrons. The van der Waals surface area contributed by atoms with Gasteiger partial charge < -0.3 is 24.4 Å².